The lowest BCUT2D eigenvalue weighted by Gasteiger charge is -2.23. The maximum Gasteiger partial charge on any atom is 0.311 e. The third-order valence-electron chi connectivity index (χ3n) is 4.93. The van der Waals surface area contributed by atoms with Crippen molar-refractivity contribution in [3.05, 3.63) is 28.2 Å². The van der Waals surface area contributed by atoms with E-state index in [0.29, 0.717) is 17.5 Å². The Morgan fingerprint density at radius 1 is 1.43 bits per heavy atom. The zero-order chi connectivity index (χ0) is 15.7. The Morgan fingerprint density at radius 3 is 2.91 bits per heavy atom. The van der Waals surface area contributed by atoms with Crippen molar-refractivity contribution in [1.82, 2.24) is 4.90 Å². The van der Waals surface area contributed by atoms with Gasteiger partial charge in [0.05, 0.1) is 10.4 Å². The first kappa shape index (κ1) is 19.2. The molecule has 1 aliphatic carbocycles. The highest BCUT2D eigenvalue weighted by Gasteiger charge is 2.54. The van der Waals surface area contributed by atoms with Crippen LogP contribution in [0.1, 0.15) is 19.3 Å². The number of nitrogens with zero attached hydrogens (tertiary/aromatic N) is 1. The molecule has 1 saturated heterocycles. The molecule has 1 aromatic carbocycles. The average molecular weight is 397 g/mol. The van der Waals surface area contributed by atoms with Crippen molar-refractivity contribution >= 4 is 53.3 Å². The minimum Gasteiger partial charge on any atom is -0.481 e. The number of benzene rings is 1. The summed E-state index contributed by atoms with van der Waals surface area (Å²) in [7, 11) is 0. The number of aliphatic carboxylic acids is 1. The van der Waals surface area contributed by atoms with Gasteiger partial charge in [0.2, 0.25) is 0 Å². The number of hydrogen-bond acceptors (Lipinski definition) is 3. The molecule has 0 unspecified atom stereocenters. The molecule has 2 atom stereocenters. The number of carbonyl (C=O) groups is 1. The lowest BCUT2D eigenvalue weighted by molar-refractivity contribution is -0.149. The first-order valence-corrected chi connectivity index (χ1v) is 9.29. The zero-order valence-corrected chi connectivity index (χ0v) is 15.8. The van der Waals surface area contributed by atoms with Gasteiger partial charge < -0.3 is 10.0 Å². The number of halogens is 3. The molecule has 0 radical (unpaired) electrons. The molecule has 7 heteroatoms. The molecule has 3 rings (SSSR count). The normalized spacial score (nSPS) is 26.8. The second-order valence-corrected chi connectivity index (χ2v) is 8.19. The van der Waals surface area contributed by atoms with E-state index in [1.54, 1.807) is 17.8 Å². The van der Waals surface area contributed by atoms with Crippen molar-refractivity contribution in [2.75, 3.05) is 25.4 Å². The van der Waals surface area contributed by atoms with Crippen LogP contribution in [0.5, 0.6) is 0 Å². The summed E-state index contributed by atoms with van der Waals surface area (Å²) in [5.74, 6) is 0.607. The first-order valence-electron chi connectivity index (χ1n) is 7.55. The lowest BCUT2D eigenvalue weighted by atomic mass is 9.81. The smallest absolute Gasteiger partial charge is 0.311 e. The van der Waals surface area contributed by atoms with E-state index < -0.39 is 11.4 Å². The molecule has 0 spiro atoms. The van der Waals surface area contributed by atoms with Gasteiger partial charge in [0, 0.05) is 35.3 Å². The monoisotopic (exact) mass is 395 g/mol. The van der Waals surface area contributed by atoms with Crippen molar-refractivity contribution in [1.29, 1.82) is 0 Å². The van der Waals surface area contributed by atoms with Crippen molar-refractivity contribution in [2.24, 2.45) is 11.3 Å². The second kappa shape index (κ2) is 7.83. The average Bonchev–Trinajstić information content (AvgIpc) is 3.00. The Morgan fingerprint density at radius 2 is 2.22 bits per heavy atom. The van der Waals surface area contributed by atoms with Crippen LogP contribution >= 0.6 is 47.4 Å². The van der Waals surface area contributed by atoms with Gasteiger partial charge in [-0.2, -0.15) is 0 Å². The van der Waals surface area contributed by atoms with Gasteiger partial charge in [0.15, 0.2) is 0 Å². The number of carboxylic acids is 1. The molecule has 0 aromatic heterocycles. The van der Waals surface area contributed by atoms with E-state index in [1.165, 1.54) is 0 Å². The van der Waals surface area contributed by atoms with Crippen LogP contribution in [0.3, 0.4) is 0 Å². The minimum absolute atomic E-state index is 0. The van der Waals surface area contributed by atoms with Gasteiger partial charge >= 0.3 is 5.97 Å². The van der Waals surface area contributed by atoms with Crippen LogP contribution < -0.4 is 0 Å². The van der Waals surface area contributed by atoms with Crippen molar-refractivity contribution in [3.63, 3.8) is 0 Å². The predicted octanol–water partition coefficient (Wildman–Crippen LogP) is 4.69. The molecule has 2 aliphatic rings. The van der Waals surface area contributed by atoms with Gasteiger partial charge in [-0.3, -0.25) is 4.79 Å². The highest BCUT2D eigenvalue weighted by molar-refractivity contribution is 7.99. The zero-order valence-electron chi connectivity index (χ0n) is 12.6. The van der Waals surface area contributed by atoms with E-state index in [1.807, 2.05) is 12.1 Å². The Labute approximate surface area is 157 Å². The molecule has 3 nitrogen and oxygen atoms in total. The fraction of sp³-hybridized carbons (Fsp3) is 0.562. The Hall–Kier alpha value is -0.130. The summed E-state index contributed by atoms with van der Waals surface area (Å²) in [5.41, 5.74) is -0.488. The molecule has 2 fully saturated rings. The number of carboxylic acid groups (broad SMARTS) is 1. The van der Waals surface area contributed by atoms with Gasteiger partial charge in [-0.15, -0.1) is 24.2 Å². The molecule has 23 heavy (non-hydrogen) atoms. The van der Waals surface area contributed by atoms with E-state index in [2.05, 4.69) is 4.90 Å². The Kier molecular flexibility index (Phi) is 6.54. The number of fused-ring (bicyclic) bond motifs is 1. The molecule has 0 bridgehead atoms. The van der Waals surface area contributed by atoms with E-state index in [0.717, 1.165) is 48.0 Å². The van der Waals surface area contributed by atoms with Crippen molar-refractivity contribution in [3.8, 4) is 0 Å². The highest BCUT2D eigenvalue weighted by Crippen LogP contribution is 2.48. The van der Waals surface area contributed by atoms with Crippen molar-refractivity contribution in [2.45, 2.75) is 24.2 Å². The second-order valence-electron chi connectivity index (χ2n) is 6.21. The van der Waals surface area contributed by atoms with E-state index >= 15 is 0 Å². The molecule has 1 N–H and O–H groups in total. The molecule has 0 amide bonds. The Balaban J connectivity index is 0.00000192. The minimum atomic E-state index is -0.608. The van der Waals surface area contributed by atoms with Crippen LogP contribution in [0.2, 0.25) is 10.0 Å². The summed E-state index contributed by atoms with van der Waals surface area (Å²) in [6.45, 7) is 2.49. The molecule has 1 aliphatic heterocycles. The molecule has 1 heterocycles. The summed E-state index contributed by atoms with van der Waals surface area (Å²) in [4.78, 5) is 14.9. The van der Waals surface area contributed by atoms with Gasteiger partial charge in [-0.05, 0) is 37.0 Å². The SMILES string of the molecule is Cl.O=C(O)[C@@]12CCC[C@H]1CN(CCSc1cc(Cl)ccc1Cl)C2. The fourth-order valence-corrected chi connectivity index (χ4v) is 5.29. The van der Waals surface area contributed by atoms with E-state index in [4.69, 9.17) is 23.2 Å². The van der Waals surface area contributed by atoms with Gasteiger partial charge in [0.25, 0.3) is 0 Å². The summed E-state index contributed by atoms with van der Waals surface area (Å²) < 4.78 is 0. The van der Waals surface area contributed by atoms with Gasteiger partial charge in [-0.1, -0.05) is 29.6 Å². The maximum atomic E-state index is 11.7. The summed E-state index contributed by atoms with van der Waals surface area (Å²) in [6, 6.07) is 5.48. The standard InChI is InChI=1S/C16H19Cl2NO2S.ClH/c17-12-3-4-13(18)14(8-12)22-7-6-19-9-11-2-1-5-16(11,10-19)15(20)21;/h3-4,8,11H,1-2,5-7,9-10H2,(H,20,21);1H/t11-,16+;/m0./s1. The van der Waals surface area contributed by atoms with Crippen LogP contribution in [0.25, 0.3) is 0 Å². The Bertz CT molecular complexity index is 586. The first-order chi connectivity index (χ1) is 10.5. The predicted molar refractivity (Wildman–Crippen MR) is 98.3 cm³/mol. The van der Waals surface area contributed by atoms with Crippen LogP contribution in [0.15, 0.2) is 23.1 Å². The topological polar surface area (TPSA) is 40.5 Å². The number of hydrogen-bond donors (Lipinski definition) is 1. The molecular weight excluding hydrogens is 377 g/mol. The van der Waals surface area contributed by atoms with Crippen LogP contribution in [0.4, 0.5) is 0 Å². The summed E-state index contributed by atoms with van der Waals surface area (Å²) in [6.07, 6.45) is 2.94. The molecular formula is C16H20Cl3NO2S. The third-order valence-corrected chi connectivity index (χ3v) is 6.64. The summed E-state index contributed by atoms with van der Waals surface area (Å²) >= 11 is 13.8. The van der Waals surface area contributed by atoms with E-state index in [-0.39, 0.29) is 12.4 Å². The fourth-order valence-electron chi connectivity index (χ4n) is 3.79. The summed E-state index contributed by atoms with van der Waals surface area (Å²) in [5, 5.41) is 11.0. The largest absolute Gasteiger partial charge is 0.481 e. The van der Waals surface area contributed by atoms with Crippen LogP contribution in [-0.2, 0) is 4.79 Å². The van der Waals surface area contributed by atoms with E-state index in [9.17, 15) is 9.90 Å². The van der Waals surface area contributed by atoms with Crippen LogP contribution in [-0.4, -0.2) is 41.4 Å². The molecule has 1 saturated carbocycles. The lowest BCUT2D eigenvalue weighted by Crippen LogP contribution is -2.36. The maximum absolute atomic E-state index is 11.7. The van der Waals surface area contributed by atoms with Gasteiger partial charge in [-0.25, -0.2) is 0 Å². The van der Waals surface area contributed by atoms with Crippen LogP contribution in [0, 0.1) is 11.3 Å². The highest BCUT2D eigenvalue weighted by atomic mass is 35.5. The molecule has 128 valence electrons. The number of likely N-dealkylation sites (tertiary alicyclic amines) is 1. The quantitative estimate of drug-likeness (QED) is 0.733. The number of rotatable bonds is 5. The van der Waals surface area contributed by atoms with Gasteiger partial charge in [0.1, 0.15) is 0 Å². The third kappa shape index (κ3) is 3.93. The molecule has 1 aromatic rings. The van der Waals surface area contributed by atoms with Crippen molar-refractivity contribution < 1.29 is 9.90 Å². The number of thioether (sulfide) groups is 1.